The minimum atomic E-state index is -3.51. The van der Waals surface area contributed by atoms with E-state index < -0.39 is 27.9 Å². The molecule has 9 nitrogen and oxygen atoms in total. The number of sulfonamides is 1. The second kappa shape index (κ2) is 9.07. The van der Waals surface area contributed by atoms with E-state index in [1.165, 1.54) is 15.1 Å². The highest BCUT2D eigenvalue weighted by Gasteiger charge is 2.33. The zero-order valence-corrected chi connectivity index (χ0v) is 18.8. The smallest absolute Gasteiger partial charge is 0.305 e. The SMILES string of the molecule is Cc1ccccc1[C@H](CC(=O)O)NC(=O)c1cc(N2CCCS2(=O)=O)n(-c2ccccc2)n1. The van der Waals surface area contributed by atoms with E-state index in [1.54, 1.807) is 36.4 Å². The van der Waals surface area contributed by atoms with Gasteiger partial charge >= 0.3 is 5.97 Å². The lowest BCUT2D eigenvalue weighted by molar-refractivity contribution is -0.137. The van der Waals surface area contributed by atoms with E-state index in [9.17, 15) is 23.1 Å². The lowest BCUT2D eigenvalue weighted by atomic mass is 9.98. The van der Waals surface area contributed by atoms with Crippen LogP contribution >= 0.6 is 0 Å². The quantitative estimate of drug-likeness (QED) is 0.550. The molecule has 1 amide bonds. The molecule has 2 aromatic carbocycles. The summed E-state index contributed by atoms with van der Waals surface area (Å²) in [7, 11) is -3.51. The number of aryl methyl sites for hydroxylation is 1. The van der Waals surface area contributed by atoms with Gasteiger partial charge < -0.3 is 10.4 Å². The van der Waals surface area contributed by atoms with Crippen molar-refractivity contribution in [3.8, 4) is 5.69 Å². The maximum absolute atomic E-state index is 13.1. The molecule has 1 aromatic heterocycles. The first kappa shape index (κ1) is 22.5. The van der Waals surface area contributed by atoms with Crippen LogP contribution in [0.15, 0.2) is 60.7 Å². The predicted molar refractivity (Wildman–Crippen MR) is 123 cm³/mol. The highest BCUT2D eigenvalue weighted by atomic mass is 32.2. The van der Waals surface area contributed by atoms with Crippen molar-refractivity contribution in [2.75, 3.05) is 16.6 Å². The minimum absolute atomic E-state index is 0.0000685. The maximum atomic E-state index is 13.1. The Morgan fingerprint density at radius 2 is 1.82 bits per heavy atom. The summed E-state index contributed by atoms with van der Waals surface area (Å²) in [5.74, 6) is -1.34. The number of nitrogens with one attached hydrogen (secondary N) is 1. The Hall–Kier alpha value is -3.66. The van der Waals surface area contributed by atoms with Crippen LogP contribution in [0.3, 0.4) is 0 Å². The monoisotopic (exact) mass is 468 g/mol. The van der Waals surface area contributed by atoms with Gasteiger partial charge in [-0.3, -0.25) is 13.9 Å². The molecule has 0 unspecified atom stereocenters. The molecule has 0 aliphatic carbocycles. The van der Waals surface area contributed by atoms with E-state index in [1.807, 2.05) is 25.1 Å². The average molecular weight is 469 g/mol. The van der Waals surface area contributed by atoms with Crippen LogP contribution in [0.1, 0.15) is 40.5 Å². The van der Waals surface area contributed by atoms with Crippen molar-refractivity contribution in [1.29, 1.82) is 0 Å². The third-order valence-electron chi connectivity index (χ3n) is 5.53. The van der Waals surface area contributed by atoms with Gasteiger partial charge in [0.05, 0.1) is 23.9 Å². The standard InChI is InChI=1S/C23H24N4O5S/c1-16-8-5-6-11-18(16)19(15-22(28)29)24-23(30)20-14-21(26-12-7-13-33(26,31)32)27(25-20)17-9-3-2-4-10-17/h2-6,8-11,14,19H,7,12-13,15H2,1H3,(H,24,30)(H,28,29)/t19-/m0/s1. The number of aliphatic carboxylic acids is 1. The van der Waals surface area contributed by atoms with E-state index in [0.29, 0.717) is 24.2 Å². The molecular weight excluding hydrogens is 444 g/mol. The van der Waals surface area contributed by atoms with Crippen molar-refractivity contribution in [2.45, 2.75) is 25.8 Å². The van der Waals surface area contributed by atoms with Gasteiger partial charge in [0.15, 0.2) is 5.69 Å². The van der Waals surface area contributed by atoms with Gasteiger partial charge in [0.1, 0.15) is 5.82 Å². The number of hydrogen-bond acceptors (Lipinski definition) is 5. The molecule has 1 atom stereocenters. The van der Waals surface area contributed by atoms with Crippen LogP contribution in [0.2, 0.25) is 0 Å². The number of aromatic nitrogens is 2. The highest BCUT2D eigenvalue weighted by Crippen LogP contribution is 2.28. The zero-order valence-electron chi connectivity index (χ0n) is 18.0. The number of nitrogens with zero attached hydrogens (tertiary/aromatic N) is 3. The number of benzene rings is 2. The second-order valence-corrected chi connectivity index (χ2v) is 9.87. The first-order chi connectivity index (χ1) is 15.8. The molecule has 1 aliphatic heterocycles. The van der Waals surface area contributed by atoms with Crippen molar-refractivity contribution in [3.63, 3.8) is 0 Å². The number of rotatable bonds is 7. The Bertz CT molecular complexity index is 1290. The van der Waals surface area contributed by atoms with Gasteiger partial charge in [-0.25, -0.2) is 13.1 Å². The summed E-state index contributed by atoms with van der Waals surface area (Å²) >= 11 is 0. The van der Waals surface area contributed by atoms with Crippen LogP contribution in [-0.2, 0) is 14.8 Å². The summed E-state index contributed by atoms with van der Waals surface area (Å²) in [6.07, 6.45) is 0.182. The highest BCUT2D eigenvalue weighted by molar-refractivity contribution is 7.93. The van der Waals surface area contributed by atoms with Crippen LogP contribution in [0.4, 0.5) is 5.82 Å². The molecule has 2 N–H and O–H groups in total. The molecule has 4 rings (SSSR count). The molecule has 1 aliphatic rings. The summed E-state index contributed by atoms with van der Waals surface area (Å²) in [6.45, 7) is 2.14. The van der Waals surface area contributed by atoms with Crippen molar-refractivity contribution < 1.29 is 23.1 Å². The summed E-state index contributed by atoms with van der Waals surface area (Å²) < 4.78 is 27.8. The van der Waals surface area contributed by atoms with Gasteiger partial charge in [-0.2, -0.15) is 5.10 Å². The van der Waals surface area contributed by atoms with Gasteiger partial charge in [0.25, 0.3) is 5.91 Å². The molecule has 3 aromatic rings. The number of hydrogen-bond donors (Lipinski definition) is 2. The summed E-state index contributed by atoms with van der Waals surface area (Å²) in [5, 5.41) is 16.5. The summed E-state index contributed by atoms with van der Waals surface area (Å²) in [6, 6.07) is 16.8. The van der Waals surface area contributed by atoms with Gasteiger partial charge in [-0.1, -0.05) is 42.5 Å². The molecule has 33 heavy (non-hydrogen) atoms. The lowest BCUT2D eigenvalue weighted by Crippen LogP contribution is -2.31. The van der Waals surface area contributed by atoms with Crippen molar-refractivity contribution >= 4 is 27.7 Å². The topological polar surface area (TPSA) is 122 Å². The first-order valence-corrected chi connectivity index (χ1v) is 12.1. The Morgan fingerprint density at radius 3 is 2.45 bits per heavy atom. The second-order valence-electron chi connectivity index (χ2n) is 7.86. The van der Waals surface area contributed by atoms with E-state index >= 15 is 0 Å². The first-order valence-electron chi connectivity index (χ1n) is 10.5. The van der Waals surface area contributed by atoms with Gasteiger partial charge in [0, 0.05) is 12.6 Å². The molecule has 1 saturated heterocycles. The normalized spacial score (nSPS) is 15.8. The van der Waals surface area contributed by atoms with Crippen molar-refractivity contribution in [3.05, 3.63) is 77.5 Å². The number of anilines is 1. The Labute approximate surface area is 191 Å². The van der Waals surface area contributed by atoms with Crippen molar-refractivity contribution in [1.82, 2.24) is 15.1 Å². The van der Waals surface area contributed by atoms with Crippen LogP contribution in [0, 0.1) is 6.92 Å². The Balaban J connectivity index is 1.71. The average Bonchev–Trinajstić information content (AvgIpc) is 3.36. The van der Waals surface area contributed by atoms with Crippen molar-refractivity contribution in [2.24, 2.45) is 0 Å². The Morgan fingerprint density at radius 1 is 1.12 bits per heavy atom. The number of carboxylic acids is 1. The van der Waals surface area contributed by atoms with Gasteiger partial charge in [0.2, 0.25) is 10.0 Å². The number of para-hydroxylation sites is 1. The van der Waals surface area contributed by atoms with Crippen LogP contribution in [0.5, 0.6) is 0 Å². The third kappa shape index (κ3) is 4.75. The third-order valence-corrected chi connectivity index (χ3v) is 7.37. The molecule has 1 fully saturated rings. The fraction of sp³-hybridized carbons (Fsp3) is 0.261. The van der Waals surface area contributed by atoms with Gasteiger partial charge in [-0.05, 0) is 36.6 Å². The van der Waals surface area contributed by atoms with Gasteiger partial charge in [-0.15, -0.1) is 0 Å². The van der Waals surface area contributed by atoms with E-state index in [0.717, 1.165) is 5.56 Å². The number of carboxylic acid groups (broad SMARTS) is 1. The zero-order chi connectivity index (χ0) is 23.6. The van der Waals surface area contributed by atoms with E-state index in [-0.39, 0.29) is 23.7 Å². The number of carbonyl (C=O) groups excluding carboxylic acids is 1. The molecule has 0 bridgehead atoms. The minimum Gasteiger partial charge on any atom is -0.481 e. The molecule has 0 spiro atoms. The van der Waals surface area contributed by atoms with Crippen LogP contribution in [0.25, 0.3) is 5.69 Å². The van der Waals surface area contributed by atoms with Crippen LogP contribution in [-0.4, -0.2) is 47.5 Å². The summed E-state index contributed by atoms with van der Waals surface area (Å²) in [5.41, 5.74) is 2.15. The number of amides is 1. The largest absolute Gasteiger partial charge is 0.481 e. The fourth-order valence-corrected chi connectivity index (χ4v) is 5.48. The molecule has 172 valence electrons. The molecule has 2 heterocycles. The van der Waals surface area contributed by atoms with Crippen LogP contribution < -0.4 is 9.62 Å². The molecule has 0 radical (unpaired) electrons. The maximum Gasteiger partial charge on any atom is 0.305 e. The fourth-order valence-electron chi connectivity index (χ4n) is 3.94. The molecule has 0 saturated carbocycles. The number of carbonyl (C=O) groups is 2. The Kier molecular flexibility index (Phi) is 6.19. The lowest BCUT2D eigenvalue weighted by Gasteiger charge is -2.18. The molecule has 10 heteroatoms. The van der Waals surface area contributed by atoms with E-state index in [4.69, 9.17) is 0 Å². The summed E-state index contributed by atoms with van der Waals surface area (Å²) in [4.78, 5) is 24.6. The predicted octanol–water partition coefficient (Wildman–Crippen LogP) is 2.67. The molecular formula is C23H24N4O5S. The van der Waals surface area contributed by atoms with E-state index in [2.05, 4.69) is 10.4 Å².